The maximum absolute atomic E-state index is 13.3. The first-order valence-corrected chi connectivity index (χ1v) is 11.6. The van der Waals surface area contributed by atoms with Crippen LogP contribution in [0.4, 0.5) is 5.69 Å². The van der Waals surface area contributed by atoms with E-state index in [0.29, 0.717) is 29.4 Å². The highest BCUT2D eigenvalue weighted by Gasteiger charge is 2.23. The van der Waals surface area contributed by atoms with Crippen LogP contribution in [0.2, 0.25) is 0 Å². The molecule has 1 atom stereocenters. The second-order valence-electron chi connectivity index (χ2n) is 7.87. The number of ether oxygens (including phenoxy) is 1. The third-order valence-corrected chi connectivity index (χ3v) is 6.59. The summed E-state index contributed by atoms with van der Waals surface area (Å²) in [6, 6.07) is 15.1. The number of nitrogens with one attached hydrogen (secondary N) is 1. The Morgan fingerprint density at radius 2 is 2.03 bits per heavy atom. The average molecular weight is 450 g/mol. The van der Waals surface area contributed by atoms with Crippen molar-refractivity contribution in [2.75, 3.05) is 17.7 Å². The number of carbonyl (C=O) groups excluding carboxylic acids is 1. The Hall–Kier alpha value is -3.10. The molecule has 2 aromatic heterocycles. The lowest BCUT2D eigenvalue weighted by Crippen LogP contribution is -2.29. The minimum Gasteiger partial charge on any atom is -0.448 e. The van der Waals surface area contributed by atoms with E-state index in [1.54, 1.807) is 4.57 Å². The molecule has 32 heavy (non-hydrogen) atoms. The van der Waals surface area contributed by atoms with Gasteiger partial charge in [-0.05, 0) is 43.5 Å². The van der Waals surface area contributed by atoms with E-state index in [0.717, 1.165) is 29.5 Å². The van der Waals surface area contributed by atoms with Crippen molar-refractivity contribution >= 4 is 45.4 Å². The zero-order chi connectivity index (χ0) is 22.1. The fourth-order valence-corrected chi connectivity index (χ4v) is 4.75. The van der Waals surface area contributed by atoms with Crippen molar-refractivity contribution in [3.8, 4) is 0 Å². The Morgan fingerprint density at radius 1 is 1.22 bits per heavy atom. The molecule has 0 spiro atoms. The Bertz CT molecular complexity index is 1350. The summed E-state index contributed by atoms with van der Waals surface area (Å²) in [5.74, 6) is -0.0208. The number of benzene rings is 2. The average Bonchev–Trinajstić information content (AvgIpc) is 3.44. The molecule has 4 aromatic rings. The third-order valence-electron chi connectivity index (χ3n) is 5.61. The van der Waals surface area contributed by atoms with E-state index >= 15 is 0 Å². The number of furan rings is 1. The summed E-state index contributed by atoms with van der Waals surface area (Å²) in [7, 11) is 0. The van der Waals surface area contributed by atoms with Gasteiger partial charge in [0.15, 0.2) is 5.16 Å². The molecule has 1 amide bonds. The lowest BCUT2D eigenvalue weighted by Gasteiger charge is -2.15. The van der Waals surface area contributed by atoms with E-state index in [-0.39, 0.29) is 28.9 Å². The first-order chi connectivity index (χ1) is 15.6. The molecule has 8 heteroatoms. The highest BCUT2D eigenvalue weighted by molar-refractivity contribution is 7.99. The van der Waals surface area contributed by atoms with Gasteiger partial charge in [0.1, 0.15) is 11.1 Å². The van der Waals surface area contributed by atoms with Gasteiger partial charge in [0.05, 0.1) is 18.4 Å². The quantitative estimate of drug-likeness (QED) is 0.348. The number of amides is 1. The van der Waals surface area contributed by atoms with Crippen molar-refractivity contribution in [3.05, 3.63) is 64.4 Å². The first kappa shape index (κ1) is 20.8. The number of fused-ring (bicyclic) bond motifs is 3. The minimum absolute atomic E-state index is 0.0449. The summed E-state index contributed by atoms with van der Waals surface area (Å²) in [5, 5.41) is 4.21. The van der Waals surface area contributed by atoms with E-state index in [2.05, 4.69) is 5.32 Å². The molecule has 0 bridgehead atoms. The number of anilines is 1. The van der Waals surface area contributed by atoms with Crippen molar-refractivity contribution in [2.24, 2.45) is 0 Å². The van der Waals surface area contributed by atoms with Gasteiger partial charge in [-0.1, -0.05) is 42.1 Å². The maximum Gasteiger partial charge on any atom is 0.297 e. The number of aromatic nitrogens is 2. The zero-order valence-corrected chi connectivity index (χ0v) is 18.5. The van der Waals surface area contributed by atoms with Gasteiger partial charge < -0.3 is 14.5 Å². The monoisotopic (exact) mass is 449 g/mol. The first-order valence-electron chi connectivity index (χ1n) is 10.6. The maximum atomic E-state index is 13.3. The number of hydrogen-bond donors (Lipinski definition) is 1. The summed E-state index contributed by atoms with van der Waals surface area (Å²) >= 11 is 1.25. The van der Waals surface area contributed by atoms with Gasteiger partial charge >= 0.3 is 0 Å². The van der Waals surface area contributed by atoms with Crippen molar-refractivity contribution in [3.63, 3.8) is 0 Å². The van der Waals surface area contributed by atoms with Crippen LogP contribution in [0, 0.1) is 6.92 Å². The van der Waals surface area contributed by atoms with Crippen LogP contribution in [0.1, 0.15) is 18.4 Å². The molecule has 3 heterocycles. The lowest BCUT2D eigenvalue weighted by molar-refractivity contribution is -0.113. The second kappa shape index (κ2) is 8.80. The highest BCUT2D eigenvalue weighted by atomic mass is 32.2. The zero-order valence-electron chi connectivity index (χ0n) is 17.7. The van der Waals surface area contributed by atoms with E-state index in [4.69, 9.17) is 14.1 Å². The Labute approximate surface area is 188 Å². The van der Waals surface area contributed by atoms with E-state index in [9.17, 15) is 9.59 Å². The second-order valence-corrected chi connectivity index (χ2v) is 8.82. The van der Waals surface area contributed by atoms with Gasteiger partial charge in [-0.15, -0.1) is 0 Å². The van der Waals surface area contributed by atoms with Crippen molar-refractivity contribution < 1.29 is 13.9 Å². The Balaban J connectivity index is 1.48. The molecule has 0 unspecified atom stereocenters. The highest BCUT2D eigenvalue weighted by Crippen LogP contribution is 2.28. The fraction of sp³-hybridized carbons (Fsp3) is 0.292. The summed E-state index contributed by atoms with van der Waals surface area (Å²) in [6.07, 6.45) is 1.82. The Morgan fingerprint density at radius 3 is 2.84 bits per heavy atom. The normalized spacial score (nSPS) is 16.1. The molecule has 7 nitrogen and oxygen atoms in total. The molecule has 1 N–H and O–H groups in total. The Kier molecular flexibility index (Phi) is 5.71. The SMILES string of the molecule is Cc1ccccc1NC(=O)CSc1nc2c(oc3ccccc32)c(=O)n1C[C@@H]1CCCO1. The lowest BCUT2D eigenvalue weighted by atomic mass is 10.2. The topological polar surface area (TPSA) is 86.4 Å². The predicted octanol–water partition coefficient (Wildman–Crippen LogP) is 4.36. The number of aryl methyl sites for hydroxylation is 1. The number of rotatable bonds is 6. The summed E-state index contributed by atoms with van der Waals surface area (Å²) in [5.41, 5.74) is 2.90. The number of carbonyl (C=O) groups is 1. The van der Waals surface area contributed by atoms with Gasteiger partial charge in [0.2, 0.25) is 11.5 Å². The minimum atomic E-state index is -0.247. The molecule has 1 aliphatic rings. The standard InChI is InChI=1S/C24H23N3O4S/c1-15-7-2-4-10-18(15)25-20(28)14-32-24-26-21-17-9-3-5-11-19(17)31-22(21)23(29)27(24)13-16-8-6-12-30-16/h2-5,7,9-11,16H,6,8,12-14H2,1H3,(H,25,28)/t16-/m0/s1. The number of thioether (sulfide) groups is 1. The molecule has 1 saturated heterocycles. The number of hydrogen-bond acceptors (Lipinski definition) is 6. The molecule has 0 saturated carbocycles. The summed E-state index contributed by atoms with van der Waals surface area (Å²) < 4.78 is 13.2. The summed E-state index contributed by atoms with van der Waals surface area (Å²) in [4.78, 5) is 30.7. The van der Waals surface area contributed by atoms with E-state index in [1.165, 1.54) is 11.8 Å². The van der Waals surface area contributed by atoms with Crippen LogP contribution >= 0.6 is 11.8 Å². The van der Waals surface area contributed by atoms with Crippen LogP contribution in [0.25, 0.3) is 22.1 Å². The molecular weight excluding hydrogens is 426 g/mol. The third kappa shape index (κ3) is 4.03. The predicted molar refractivity (Wildman–Crippen MR) is 125 cm³/mol. The van der Waals surface area contributed by atoms with Gasteiger partial charge in [-0.3, -0.25) is 14.2 Å². The van der Waals surface area contributed by atoms with Gasteiger partial charge in [-0.25, -0.2) is 4.98 Å². The van der Waals surface area contributed by atoms with Crippen LogP contribution < -0.4 is 10.9 Å². The molecule has 0 aliphatic carbocycles. The van der Waals surface area contributed by atoms with E-state index < -0.39 is 0 Å². The number of para-hydroxylation sites is 2. The van der Waals surface area contributed by atoms with Gasteiger partial charge in [0, 0.05) is 17.7 Å². The van der Waals surface area contributed by atoms with Crippen LogP contribution in [0.3, 0.4) is 0 Å². The molecule has 5 rings (SSSR count). The molecular formula is C24H23N3O4S. The largest absolute Gasteiger partial charge is 0.448 e. The molecule has 0 radical (unpaired) electrons. The van der Waals surface area contributed by atoms with Crippen molar-refractivity contribution in [1.82, 2.24) is 9.55 Å². The summed E-state index contributed by atoms with van der Waals surface area (Å²) in [6.45, 7) is 3.03. The molecule has 1 fully saturated rings. The molecule has 1 aliphatic heterocycles. The fourth-order valence-electron chi connectivity index (χ4n) is 3.95. The molecule has 2 aromatic carbocycles. The van der Waals surface area contributed by atoms with Gasteiger partial charge in [-0.2, -0.15) is 0 Å². The smallest absolute Gasteiger partial charge is 0.297 e. The van der Waals surface area contributed by atoms with Crippen molar-refractivity contribution in [1.29, 1.82) is 0 Å². The van der Waals surface area contributed by atoms with Gasteiger partial charge in [0.25, 0.3) is 5.56 Å². The van der Waals surface area contributed by atoms with Crippen LogP contribution in [0.5, 0.6) is 0 Å². The van der Waals surface area contributed by atoms with Crippen LogP contribution in [-0.2, 0) is 16.1 Å². The van der Waals surface area contributed by atoms with Crippen LogP contribution in [0.15, 0.2) is 62.9 Å². The van der Waals surface area contributed by atoms with E-state index in [1.807, 2.05) is 55.5 Å². The van der Waals surface area contributed by atoms with Crippen molar-refractivity contribution in [2.45, 2.75) is 37.6 Å². The van der Waals surface area contributed by atoms with Crippen LogP contribution in [-0.4, -0.2) is 33.9 Å². The number of nitrogens with zero attached hydrogens (tertiary/aromatic N) is 2. The molecule has 164 valence electrons.